The first-order chi connectivity index (χ1) is 8.22. The fourth-order valence-electron chi connectivity index (χ4n) is 2.68. The first-order valence-corrected chi connectivity index (χ1v) is 7.98. The Bertz CT molecular complexity index is 198. The van der Waals surface area contributed by atoms with Crippen LogP contribution in [0.15, 0.2) is 0 Å². The van der Waals surface area contributed by atoms with E-state index in [0.717, 1.165) is 5.92 Å². The third-order valence-corrected chi connectivity index (χ3v) is 4.67. The molecule has 0 saturated heterocycles. The normalized spacial score (nSPS) is 14.8. The van der Waals surface area contributed by atoms with Gasteiger partial charge in [-0.25, -0.2) is 0 Å². The Morgan fingerprint density at radius 3 is 1.83 bits per heavy atom. The summed E-state index contributed by atoms with van der Waals surface area (Å²) in [5.41, 5.74) is 0.469. The summed E-state index contributed by atoms with van der Waals surface area (Å²) in [5, 5.41) is 0. The molecular formula is C17H37N. The van der Waals surface area contributed by atoms with Gasteiger partial charge < -0.3 is 0 Å². The Labute approximate surface area is 116 Å². The van der Waals surface area contributed by atoms with Gasteiger partial charge in [0.05, 0.1) is 0 Å². The Balaban J connectivity index is 4.30. The fourth-order valence-corrected chi connectivity index (χ4v) is 2.68. The molecule has 0 N–H and O–H groups in total. The third-order valence-electron chi connectivity index (χ3n) is 4.67. The van der Waals surface area contributed by atoms with Crippen LogP contribution in [-0.4, -0.2) is 23.5 Å². The van der Waals surface area contributed by atoms with E-state index >= 15 is 0 Å². The van der Waals surface area contributed by atoms with Crippen molar-refractivity contribution in [1.29, 1.82) is 0 Å². The van der Waals surface area contributed by atoms with Crippen molar-refractivity contribution in [1.82, 2.24) is 4.90 Å². The van der Waals surface area contributed by atoms with Crippen LogP contribution in [0.2, 0.25) is 0 Å². The molecule has 0 aromatic rings. The van der Waals surface area contributed by atoms with E-state index < -0.39 is 0 Å². The van der Waals surface area contributed by atoms with E-state index in [0.29, 0.717) is 17.5 Å². The maximum atomic E-state index is 2.62. The lowest BCUT2D eigenvalue weighted by Crippen LogP contribution is -2.40. The van der Waals surface area contributed by atoms with Crippen molar-refractivity contribution in [2.75, 3.05) is 6.54 Å². The molecule has 0 bridgehead atoms. The van der Waals surface area contributed by atoms with Crippen molar-refractivity contribution < 1.29 is 0 Å². The second-order valence-electron chi connectivity index (χ2n) is 7.21. The number of unbranched alkanes of at least 4 members (excludes halogenated alkanes) is 1. The van der Waals surface area contributed by atoms with Gasteiger partial charge in [0.15, 0.2) is 0 Å². The lowest BCUT2D eigenvalue weighted by molar-refractivity contribution is 0.118. The van der Waals surface area contributed by atoms with Crippen LogP contribution >= 0.6 is 0 Å². The monoisotopic (exact) mass is 257 g/mol. The molecule has 0 aliphatic rings. The summed E-state index contributed by atoms with van der Waals surface area (Å²) >= 11 is 0. The van der Waals surface area contributed by atoms with E-state index in [-0.39, 0.29) is 0 Å². The van der Waals surface area contributed by atoms with Gasteiger partial charge in [0, 0.05) is 12.1 Å². The van der Waals surface area contributed by atoms with Gasteiger partial charge in [-0.2, -0.15) is 0 Å². The summed E-state index contributed by atoms with van der Waals surface area (Å²) in [4.78, 5) is 2.62. The average molecular weight is 257 g/mol. The molecule has 110 valence electrons. The average Bonchev–Trinajstić information content (AvgIpc) is 2.24. The van der Waals surface area contributed by atoms with Crippen LogP contribution < -0.4 is 0 Å². The molecule has 0 aliphatic carbocycles. The molecule has 1 atom stereocenters. The highest BCUT2D eigenvalue weighted by Gasteiger charge is 2.26. The van der Waals surface area contributed by atoms with Crippen molar-refractivity contribution in [3.63, 3.8) is 0 Å². The Hall–Kier alpha value is -0.0400. The molecular weight excluding hydrogens is 220 g/mol. The third kappa shape index (κ3) is 6.22. The number of rotatable bonds is 9. The minimum Gasteiger partial charge on any atom is -0.299 e. The minimum absolute atomic E-state index is 0.469. The maximum Gasteiger partial charge on any atom is 0.00412 e. The van der Waals surface area contributed by atoms with Crippen molar-refractivity contribution in [3.05, 3.63) is 0 Å². The van der Waals surface area contributed by atoms with E-state index in [2.05, 4.69) is 60.3 Å². The largest absolute Gasteiger partial charge is 0.299 e. The molecule has 0 fully saturated rings. The predicted molar refractivity (Wildman–Crippen MR) is 84.1 cm³/mol. The van der Waals surface area contributed by atoms with Crippen LogP contribution in [0.1, 0.15) is 81.1 Å². The zero-order valence-electron chi connectivity index (χ0n) is 14.2. The second kappa shape index (κ2) is 8.19. The van der Waals surface area contributed by atoms with Crippen molar-refractivity contribution in [3.8, 4) is 0 Å². The van der Waals surface area contributed by atoms with Crippen LogP contribution in [0.25, 0.3) is 0 Å². The maximum absolute atomic E-state index is 2.62. The summed E-state index contributed by atoms with van der Waals surface area (Å²) < 4.78 is 0. The highest BCUT2D eigenvalue weighted by molar-refractivity contribution is 4.78. The van der Waals surface area contributed by atoms with E-state index in [1.54, 1.807) is 0 Å². The molecule has 18 heavy (non-hydrogen) atoms. The summed E-state index contributed by atoms with van der Waals surface area (Å²) in [6.07, 6.45) is 5.40. The van der Waals surface area contributed by atoms with Crippen molar-refractivity contribution in [2.45, 2.75) is 93.2 Å². The summed E-state index contributed by atoms with van der Waals surface area (Å²) in [5.74, 6) is 0.832. The lowest BCUT2D eigenvalue weighted by atomic mass is 9.75. The van der Waals surface area contributed by atoms with Crippen LogP contribution in [0, 0.1) is 11.3 Å². The van der Waals surface area contributed by atoms with Crippen LogP contribution in [0.3, 0.4) is 0 Å². The van der Waals surface area contributed by atoms with Crippen LogP contribution in [-0.2, 0) is 0 Å². The molecule has 0 rings (SSSR count). The zero-order valence-corrected chi connectivity index (χ0v) is 14.2. The molecule has 1 nitrogen and oxygen atoms in total. The molecule has 0 aromatic heterocycles. The summed E-state index contributed by atoms with van der Waals surface area (Å²) in [6.45, 7) is 20.1. The van der Waals surface area contributed by atoms with Gasteiger partial charge in [-0.05, 0) is 52.0 Å². The number of hydrogen-bond donors (Lipinski definition) is 0. The molecule has 0 spiro atoms. The number of nitrogens with zero attached hydrogens (tertiary/aromatic N) is 1. The SMILES string of the molecule is CCCCC(C)C(C)(C)CC[16N](C(C)C)C(C)C. The van der Waals surface area contributed by atoms with E-state index in [9.17, 15) is 0 Å². The summed E-state index contributed by atoms with van der Waals surface area (Å²) in [7, 11) is 0. The van der Waals surface area contributed by atoms with E-state index in [1.165, 1.54) is 32.2 Å². The lowest BCUT2D eigenvalue weighted by Gasteiger charge is -2.37. The Morgan fingerprint density at radius 2 is 1.44 bits per heavy atom. The van der Waals surface area contributed by atoms with Crippen LogP contribution in [0.4, 0.5) is 0 Å². The second-order valence-corrected chi connectivity index (χ2v) is 7.21. The highest BCUT2D eigenvalue weighted by Crippen LogP contribution is 2.34. The Morgan fingerprint density at radius 1 is 0.944 bits per heavy atom. The molecule has 1 unspecified atom stereocenters. The van der Waals surface area contributed by atoms with Crippen molar-refractivity contribution >= 4 is 0 Å². The molecule has 0 heterocycles. The molecule has 0 saturated carbocycles. The number of hydrogen-bond acceptors (Lipinski definition) is 1. The predicted octanol–water partition coefficient (Wildman–Crippen LogP) is 5.35. The van der Waals surface area contributed by atoms with Crippen LogP contribution in [0.5, 0.6) is 0 Å². The van der Waals surface area contributed by atoms with Gasteiger partial charge in [0.25, 0.3) is 0 Å². The van der Waals surface area contributed by atoms with Gasteiger partial charge in [-0.1, -0.05) is 47.0 Å². The molecule has 0 aromatic carbocycles. The van der Waals surface area contributed by atoms with E-state index in [4.69, 9.17) is 0 Å². The van der Waals surface area contributed by atoms with Gasteiger partial charge in [0.1, 0.15) is 0 Å². The topological polar surface area (TPSA) is 3.24 Å². The molecule has 1 heteroatoms. The molecule has 0 aliphatic heterocycles. The van der Waals surface area contributed by atoms with Gasteiger partial charge in [-0.15, -0.1) is 0 Å². The minimum atomic E-state index is 0.469. The highest BCUT2D eigenvalue weighted by atomic mass is 16.7. The summed E-state index contributed by atoms with van der Waals surface area (Å²) in [6, 6.07) is 1.32. The fraction of sp³-hybridized carbons (Fsp3) is 1.00. The zero-order chi connectivity index (χ0) is 14.3. The first kappa shape index (κ1) is 18.0. The standard InChI is InChI=1S/C17H37N/c1-9-10-11-16(6)17(7,8)12-13-18(14(2)3)15(4)5/h14-16H,9-13H2,1-8H3/i18+2. The smallest absolute Gasteiger partial charge is 0.00412 e. The van der Waals surface area contributed by atoms with Gasteiger partial charge >= 0.3 is 0 Å². The van der Waals surface area contributed by atoms with E-state index in [1.807, 2.05) is 0 Å². The van der Waals surface area contributed by atoms with Gasteiger partial charge in [-0.3, -0.25) is 4.90 Å². The molecule has 0 radical (unpaired) electrons. The van der Waals surface area contributed by atoms with Crippen molar-refractivity contribution in [2.24, 2.45) is 11.3 Å². The quantitative estimate of drug-likeness (QED) is 0.538. The van der Waals surface area contributed by atoms with Gasteiger partial charge in [0.2, 0.25) is 0 Å². The Kier molecular flexibility index (Phi) is 8.18. The first-order valence-electron chi connectivity index (χ1n) is 7.98. The molecule has 0 amide bonds.